The molecule has 8 heteroatoms. The average Bonchev–Trinajstić information content (AvgIpc) is 2.98. The molecule has 1 saturated heterocycles. The van der Waals surface area contributed by atoms with Crippen LogP contribution in [-0.2, 0) is 9.47 Å². The van der Waals surface area contributed by atoms with Crippen LogP contribution in [0.2, 0.25) is 5.02 Å². The van der Waals surface area contributed by atoms with Crippen LogP contribution < -0.4 is 4.74 Å². The SMILES string of the molecule is CCCCCC1COC(C2CCC(C3CCC(C(F)(F)Oc4cc(F)c(-c5ccc(Cl)cc5)c(F)c4)CC3)CC2)OC1. The van der Waals surface area contributed by atoms with Crippen molar-refractivity contribution in [2.45, 2.75) is 96.4 Å². The van der Waals surface area contributed by atoms with Gasteiger partial charge in [0, 0.05) is 29.0 Å². The van der Waals surface area contributed by atoms with Gasteiger partial charge in [0.2, 0.25) is 0 Å². The van der Waals surface area contributed by atoms with E-state index in [1.165, 1.54) is 49.9 Å². The van der Waals surface area contributed by atoms with E-state index in [1.807, 2.05) is 0 Å². The largest absolute Gasteiger partial charge is 0.432 e. The van der Waals surface area contributed by atoms with Crippen LogP contribution in [0.4, 0.5) is 17.6 Å². The summed E-state index contributed by atoms with van der Waals surface area (Å²) in [6.07, 6.45) is 7.64. The van der Waals surface area contributed by atoms with E-state index in [9.17, 15) is 8.78 Å². The number of unbranched alkanes of at least 4 members (excludes halogenated alkanes) is 2. The minimum Gasteiger partial charge on any atom is -0.432 e. The van der Waals surface area contributed by atoms with Gasteiger partial charge in [0.05, 0.1) is 24.7 Å². The highest BCUT2D eigenvalue weighted by Crippen LogP contribution is 2.46. The fourth-order valence-corrected chi connectivity index (χ4v) is 7.36. The predicted octanol–water partition coefficient (Wildman–Crippen LogP) is 10.4. The highest BCUT2D eigenvalue weighted by molar-refractivity contribution is 6.30. The normalized spacial score (nSPS) is 28.9. The summed E-state index contributed by atoms with van der Waals surface area (Å²) in [5.41, 5.74) is -0.0314. The monoisotopic (exact) mass is 610 g/mol. The van der Waals surface area contributed by atoms with E-state index < -0.39 is 29.4 Å². The Bertz CT molecular complexity index is 1110. The Balaban J connectivity index is 1.07. The van der Waals surface area contributed by atoms with Gasteiger partial charge in [-0.25, -0.2) is 8.78 Å². The first-order valence-corrected chi connectivity index (χ1v) is 16.2. The summed E-state index contributed by atoms with van der Waals surface area (Å²) in [5.74, 6) is -1.54. The van der Waals surface area contributed by atoms with Gasteiger partial charge in [0.25, 0.3) is 0 Å². The van der Waals surface area contributed by atoms with Crippen molar-refractivity contribution in [2.24, 2.45) is 29.6 Å². The van der Waals surface area contributed by atoms with Gasteiger partial charge < -0.3 is 14.2 Å². The molecule has 2 aromatic rings. The predicted molar refractivity (Wildman–Crippen MR) is 157 cm³/mol. The van der Waals surface area contributed by atoms with Crippen molar-refractivity contribution in [1.82, 2.24) is 0 Å². The van der Waals surface area contributed by atoms with Crippen LogP contribution in [0, 0.1) is 41.2 Å². The van der Waals surface area contributed by atoms with E-state index in [0.717, 1.165) is 51.0 Å². The molecule has 2 saturated carbocycles. The van der Waals surface area contributed by atoms with Crippen molar-refractivity contribution in [2.75, 3.05) is 13.2 Å². The van der Waals surface area contributed by atoms with Crippen LogP contribution in [0.15, 0.2) is 36.4 Å². The Hall–Kier alpha value is -1.83. The molecule has 0 radical (unpaired) electrons. The molecule has 1 heterocycles. The molecule has 0 aromatic heterocycles. The van der Waals surface area contributed by atoms with E-state index in [1.54, 1.807) is 0 Å². The molecule has 232 valence electrons. The standard InChI is InChI=1S/C34H43ClF4O3/c1-2-3-4-5-22-20-40-33(41-21-22)26-8-6-23(7-9-26)24-10-14-27(15-11-24)34(38,39)42-29-18-30(36)32(31(37)19-29)25-12-16-28(35)17-13-25/h12-13,16-19,22-24,26-27,33H,2-11,14-15,20-21H2,1H3. The second-order valence-corrected chi connectivity index (χ2v) is 13.1. The summed E-state index contributed by atoms with van der Waals surface area (Å²) < 4.78 is 77.1. The highest BCUT2D eigenvalue weighted by Gasteiger charge is 2.45. The Morgan fingerprint density at radius 2 is 1.36 bits per heavy atom. The van der Waals surface area contributed by atoms with E-state index in [0.29, 0.717) is 54.4 Å². The zero-order valence-corrected chi connectivity index (χ0v) is 25.2. The number of halogens is 5. The molecule has 2 aromatic carbocycles. The lowest BCUT2D eigenvalue weighted by Crippen LogP contribution is -2.40. The molecule has 0 amide bonds. The number of hydrogen-bond donors (Lipinski definition) is 0. The van der Waals surface area contributed by atoms with Gasteiger partial charge in [-0.3, -0.25) is 0 Å². The molecule has 3 nitrogen and oxygen atoms in total. The van der Waals surface area contributed by atoms with Crippen LogP contribution in [-0.4, -0.2) is 25.6 Å². The maximum Gasteiger partial charge on any atom is 0.400 e. The average molecular weight is 611 g/mol. The molecule has 2 aliphatic carbocycles. The third kappa shape index (κ3) is 7.81. The fourth-order valence-electron chi connectivity index (χ4n) is 7.24. The maximum absolute atomic E-state index is 15.2. The second-order valence-electron chi connectivity index (χ2n) is 12.6. The quantitative estimate of drug-likeness (QED) is 0.198. The van der Waals surface area contributed by atoms with Gasteiger partial charge in [-0.1, -0.05) is 49.9 Å². The molecule has 0 unspecified atom stereocenters. The first-order chi connectivity index (χ1) is 20.2. The van der Waals surface area contributed by atoms with Crippen LogP contribution in [0.5, 0.6) is 5.75 Å². The summed E-state index contributed by atoms with van der Waals surface area (Å²) >= 11 is 5.86. The number of alkyl halides is 2. The second kappa shape index (κ2) is 14.3. The smallest absolute Gasteiger partial charge is 0.400 e. The molecule has 1 aliphatic heterocycles. The molecule has 0 N–H and O–H groups in total. The van der Waals surface area contributed by atoms with E-state index >= 15 is 8.78 Å². The van der Waals surface area contributed by atoms with Gasteiger partial charge in [0.1, 0.15) is 17.4 Å². The fraction of sp³-hybridized carbons (Fsp3) is 0.647. The summed E-state index contributed by atoms with van der Waals surface area (Å²) in [6.45, 7) is 3.80. The van der Waals surface area contributed by atoms with Gasteiger partial charge in [-0.2, -0.15) is 8.78 Å². The minimum atomic E-state index is -3.51. The van der Waals surface area contributed by atoms with Gasteiger partial charge in [-0.05, 0) is 87.3 Å². The molecule has 42 heavy (non-hydrogen) atoms. The van der Waals surface area contributed by atoms with Crippen molar-refractivity contribution < 1.29 is 31.8 Å². The van der Waals surface area contributed by atoms with Gasteiger partial charge >= 0.3 is 6.11 Å². The van der Waals surface area contributed by atoms with Crippen LogP contribution in [0.1, 0.15) is 84.0 Å². The van der Waals surface area contributed by atoms with Crippen LogP contribution in [0.25, 0.3) is 11.1 Å². The van der Waals surface area contributed by atoms with E-state index in [-0.39, 0.29) is 17.4 Å². The summed E-state index contributed by atoms with van der Waals surface area (Å²) in [4.78, 5) is 0. The van der Waals surface area contributed by atoms with Crippen molar-refractivity contribution in [3.8, 4) is 16.9 Å². The minimum absolute atomic E-state index is 0.102. The van der Waals surface area contributed by atoms with Gasteiger partial charge in [0.15, 0.2) is 6.29 Å². The van der Waals surface area contributed by atoms with Gasteiger partial charge in [-0.15, -0.1) is 0 Å². The third-order valence-electron chi connectivity index (χ3n) is 9.73. The molecule has 5 rings (SSSR count). The van der Waals surface area contributed by atoms with Crippen LogP contribution >= 0.6 is 11.6 Å². The number of hydrogen-bond acceptors (Lipinski definition) is 3. The first kappa shape index (κ1) is 31.6. The zero-order valence-electron chi connectivity index (χ0n) is 24.4. The van der Waals surface area contributed by atoms with Crippen molar-refractivity contribution in [1.29, 1.82) is 0 Å². The zero-order chi connectivity index (χ0) is 29.7. The lowest BCUT2D eigenvalue weighted by molar-refractivity contribution is -0.232. The molecular formula is C34H43ClF4O3. The van der Waals surface area contributed by atoms with Crippen molar-refractivity contribution in [3.05, 3.63) is 53.1 Å². The number of rotatable bonds is 10. The molecule has 3 fully saturated rings. The Morgan fingerprint density at radius 1 is 0.810 bits per heavy atom. The number of benzene rings is 2. The van der Waals surface area contributed by atoms with Crippen molar-refractivity contribution >= 4 is 11.6 Å². The van der Waals surface area contributed by atoms with Crippen LogP contribution in [0.3, 0.4) is 0 Å². The lowest BCUT2D eigenvalue weighted by atomic mass is 9.69. The maximum atomic E-state index is 15.2. The van der Waals surface area contributed by atoms with Crippen molar-refractivity contribution in [3.63, 3.8) is 0 Å². The topological polar surface area (TPSA) is 27.7 Å². The summed E-state index contributed by atoms with van der Waals surface area (Å²) in [6, 6.07) is 7.65. The molecule has 0 atom stereocenters. The molecule has 0 bridgehead atoms. The van der Waals surface area contributed by atoms with E-state index in [2.05, 4.69) is 6.92 Å². The Morgan fingerprint density at radius 3 is 1.93 bits per heavy atom. The third-order valence-corrected chi connectivity index (χ3v) is 9.98. The highest BCUT2D eigenvalue weighted by atomic mass is 35.5. The Labute approximate surface area is 252 Å². The number of ether oxygens (including phenoxy) is 3. The molecular weight excluding hydrogens is 568 g/mol. The van der Waals surface area contributed by atoms with E-state index in [4.69, 9.17) is 25.8 Å². The molecule has 0 spiro atoms. The summed E-state index contributed by atoms with van der Waals surface area (Å²) in [5, 5.41) is 0.427. The summed E-state index contributed by atoms with van der Waals surface area (Å²) in [7, 11) is 0. The molecule has 3 aliphatic rings. The Kier molecular flexibility index (Phi) is 10.8. The lowest BCUT2D eigenvalue weighted by Gasteiger charge is -2.41. The first-order valence-electron chi connectivity index (χ1n) is 15.8.